The summed E-state index contributed by atoms with van der Waals surface area (Å²) in [4.78, 5) is 25.9. The fraction of sp³-hybridized carbons (Fsp3) is 0.200. The Kier molecular flexibility index (Phi) is 5.30. The topological polar surface area (TPSA) is 94.4 Å². The van der Waals surface area contributed by atoms with E-state index in [9.17, 15) is 19.3 Å². The third kappa shape index (κ3) is 3.77. The lowest BCUT2D eigenvalue weighted by Gasteiger charge is -2.15. The van der Waals surface area contributed by atoms with Crippen LogP contribution in [0.25, 0.3) is 0 Å². The highest BCUT2D eigenvalue weighted by Crippen LogP contribution is 2.28. The molecule has 7 nitrogen and oxygen atoms in total. The van der Waals surface area contributed by atoms with Gasteiger partial charge in [-0.1, -0.05) is 17.7 Å². The lowest BCUT2D eigenvalue weighted by atomic mass is 10.1. The van der Waals surface area contributed by atoms with Crippen molar-refractivity contribution in [1.82, 2.24) is 4.98 Å². The van der Waals surface area contributed by atoms with Gasteiger partial charge in [-0.25, -0.2) is 14.2 Å². The second-order valence-electron chi connectivity index (χ2n) is 4.88. The van der Waals surface area contributed by atoms with E-state index in [0.29, 0.717) is 5.56 Å². The van der Waals surface area contributed by atoms with Gasteiger partial charge in [-0.2, -0.15) is 0 Å². The normalized spacial score (nSPS) is 11.7. The van der Waals surface area contributed by atoms with Gasteiger partial charge >= 0.3 is 11.7 Å². The number of ether oxygens (including phenoxy) is 1. The first-order valence-corrected chi connectivity index (χ1v) is 7.15. The quantitative estimate of drug-likeness (QED) is 0.500. The largest absolute Gasteiger partial charge is 0.465 e. The van der Waals surface area contributed by atoms with Crippen LogP contribution in [0.4, 0.5) is 15.9 Å². The van der Waals surface area contributed by atoms with E-state index in [1.54, 1.807) is 6.92 Å². The molecular weight excluding hydrogens is 341 g/mol. The van der Waals surface area contributed by atoms with Gasteiger partial charge in [-0.15, -0.1) is 0 Å². The second kappa shape index (κ2) is 7.22. The monoisotopic (exact) mass is 353 g/mol. The molecule has 2 aromatic rings. The highest BCUT2D eigenvalue weighted by Gasteiger charge is 2.21. The molecule has 0 fully saturated rings. The van der Waals surface area contributed by atoms with Crippen molar-refractivity contribution in [2.24, 2.45) is 0 Å². The Morgan fingerprint density at radius 2 is 2.17 bits per heavy atom. The van der Waals surface area contributed by atoms with E-state index in [1.807, 2.05) is 0 Å². The molecule has 0 saturated heterocycles. The second-order valence-corrected chi connectivity index (χ2v) is 5.29. The van der Waals surface area contributed by atoms with E-state index in [-0.39, 0.29) is 22.1 Å². The number of carbonyl (C=O) groups excluding carboxylic acids is 1. The number of methoxy groups -OCH3 is 1. The van der Waals surface area contributed by atoms with Gasteiger partial charge in [0.15, 0.2) is 0 Å². The fourth-order valence-electron chi connectivity index (χ4n) is 2.00. The first-order valence-electron chi connectivity index (χ1n) is 6.77. The number of pyridine rings is 1. The number of aromatic nitrogens is 1. The number of carbonyl (C=O) groups is 1. The molecule has 9 heteroatoms. The summed E-state index contributed by atoms with van der Waals surface area (Å²) in [6.07, 6.45) is 1.17. The molecule has 1 unspecified atom stereocenters. The summed E-state index contributed by atoms with van der Waals surface area (Å²) in [5.74, 6) is -1.31. The Morgan fingerprint density at radius 3 is 2.75 bits per heavy atom. The number of hydrogen-bond acceptors (Lipinski definition) is 6. The zero-order valence-corrected chi connectivity index (χ0v) is 13.5. The van der Waals surface area contributed by atoms with Crippen molar-refractivity contribution < 1.29 is 18.8 Å². The first-order chi connectivity index (χ1) is 11.3. The average Bonchev–Trinajstić information content (AvgIpc) is 2.56. The third-order valence-electron chi connectivity index (χ3n) is 3.28. The maximum atomic E-state index is 13.2. The Labute approximate surface area is 141 Å². The van der Waals surface area contributed by atoms with Crippen molar-refractivity contribution >= 4 is 29.1 Å². The van der Waals surface area contributed by atoms with Crippen molar-refractivity contribution in [3.8, 4) is 0 Å². The number of anilines is 1. The van der Waals surface area contributed by atoms with Crippen LogP contribution in [0.15, 0.2) is 30.5 Å². The number of rotatable bonds is 5. The molecule has 0 saturated carbocycles. The molecule has 1 aromatic carbocycles. The number of esters is 1. The van der Waals surface area contributed by atoms with Gasteiger partial charge in [0.2, 0.25) is 5.82 Å². The number of nitro groups is 1. The Balaban J connectivity index is 2.32. The molecular formula is C15H13ClFN3O4. The molecule has 0 aliphatic carbocycles. The number of nitrogens with one attached hydrogen (secondary N) is 1. The predicted molar refractivity (Wildman–Crippen MR) is 85.7 cm³/mol. The average molecular weight is 354 g/mol. The molecule has 0 spiro atoms. The Hall–Kier alpha value is -2.74. The van der Waals surface area contributed by atoms with Crippen LogP contribution >= 0.6 is 11.6 Å². The molecule has 0 bridgehead atoms. The van der Waals surface area contributed by atoms with Crippen LogP contribution in [0, 0.1) is 15.9 Å². The molecule has 1 heterocycles. The minimum atomic E-state index is -0.726. The zero-order chi connectivity index (χ0) is 17.9. The van der Waals surface area contributed by atoms with Crippen LogP contribution in [0.1, 0.15) is 28.9 Å². The number of nitrogens with zero attached hydrogens (tertiary/aromatic N) is 2. The maximum Gasteiger partial charge on any atom is 0.339 e. The summed E-state index contributed by atoms with van der Waals surface area (Å²) in [7, 11) is 1.17. The number of halogens is 2. The lowest BCUT2D eigenvalue weighted by Crippen LogP contribution is -2.11. The van der Waals surface area contributed by atoms with Crippen molar-refractivity contribution in [3.63, 3.8) is 0 Å². The minimum Gasteiger partial charge on any atom is -0.465 e. The van der Waals surface area contributed by atoms with Gasteiger partial charge in [-0.05, 0) is 24.6 Å². The summed E-state index contributed by atoms with van der Waals surface area (Å²) in [5, 5.41) is 14.0. The number of benzene rings is 1. The molecule has 126 valence electrons. The van der Waals surface area contributed by atoms with E-state index >= 15 is 0 Å². The van der Waals surface area contributed by atoms with Crippen molar-refractivity contribution in [1.29, 1.82) is 0 Å². The van der Waals surface area contributed by atoms with Crippen LogP contribution < -0.4 is 5.32 Å². The van der Waals surface area contributed by atoms with Gasteiger partial charge in [-0.3, -0.25) is 10.1 Å². The Bertz CT molecular complexity index is 800. The van der Waals surface area contributed by atoms with E-state index in [4.69, 9.17) is 11.6 Å². The summed E-state index contributed by atoms with van der Waals surface area (Å²) < 4.78 is 17.7. The van der Waals surface area contributed by atoms with Gasteiger partial charge < -0.3 is 10.1 Å². The van der Waals surface area contributed by atoms with E-state index in [2.05, 4.69) is 15.0 Å². The molecule has 1 atom stereocenters. The summed E-state index contributed by atoms with van der Waals surface area (Å²) in [5.41, 5.74) is 0.208. The van der Waals surface area contributed by atoms with Crippen LogP contribution in [0.5, 0.6) is 0 Å². The maximum absolute atomic E-state index is 13.2. The van der Waals surface area contributed by atoms with Crippen LogP contribution in [-0.4, -0.2) is 23.0 Å². The first kappa shape index (κ1) is 17.6. The Morgan fingerprint density at radius 1 is 1.46 bits per heavy atom. The van der Waals surface area contributed by atoms with Gasteiger partial charge in [0, 0.05) is 12.3 Å². The summed E-state index contributed by atoms with van der Waals surface area (Å²) in [6, 6.07) is 4.78. The molecule has 2 rings (SSSR count). The molecule has 0 aliphatic heterocycles. The van der Waals surface area contributed by atoms with E-state index in [1.165, 1.54) is 31.5 Å². The fourth-order valence-corrected chi connectivity index (χ4v) is 2.19. The molecule has 0 aliphatic rings. The smallest absolute Gasteiger partial charge is 0.339 e. The molecule has 24 heavy (non-hydrogen) atoms. The lowest BCUT2D eigenvalue weighted by molar-refractivity contribution is -0.384. The third-order valence-corrected chi connectivity index (χ3v) is 3.57. The van der Waals surface area contributed by atoms with E-state index < -0.39 is 22.8 Å². The van der Waals surface area contributed by atoms with E-state index in [0.717, 1.165) is 6.07 Å². The molecule has 0 amide bonds. The highest BCUT2D eigenvalue weighted by molar-refractivity contribution is 6.30. The van der Waals surface area contributed by atoms with Gasteiger partial charge in [0.1, 0.15) is 5.82 Å². The summed E-state index contributed by atoms with van der Waals surface area (Å²) >= 11 is 5.74. The summed E-state index contributed by atoms with van der Waals surface area (Å²) in [6.45, 7) is 1.71. The predicted octanol–water partition coefficient (Wildman–Crippen LogP) is 3.74. The molecule has 1 aromatic heterocycles. The highest BCUT2D eigenvalue weighted by atomic mass is 35.5. The standard InChI is InChI=1S/C15H13ClFN3O4/c1-8(9-3-4-12(17)11(16)5-9)19-14-13(20(22)23)6-10(7-18-14)15(21)24-2/h3-8H,1-2H3,(H,18,19). The minimum absolute atomic E-state index is 0.0272. The van der Waals surface area contributed by atoms with Crippen molar-refractivity contribution in [3.05, 3.63) is 62.5 Å². The molecule has 0 radical (unpaired) electrons. The molecule has 1 N–H and O–H groups in total. The SMILES string of the molecule is COC(=O)c1cnc(NC(C)c2ccc(F)c(Cl)c2)c([N+](=O)[O-])c1. The van der Waals surface area contributed by atoms with Crippen molar-refractivity contribution in [2.45, 2.75) is 13.0 Å². The zero-order valence-electron chi connectivity index (χ0n) is 12.7. The number of hydrogen-bond donors (Lipinski definition) is 1. The van der Waals surface area contributed by atoms with Gasteiger partial charge in [0.05, 0.1) is 28.7 Å². The van der Waals surface area contributed by atoms with Crippen LogP contribution in [0.2, 0.25) is 5.02 Å². The van der Waals surface area contributed by atoms with Gasteiger partial charge in [0.25, 0.3) is 0 Å². The van der Waals surface area contributed by atoms with Crippen LogP contribution in [-0.2, 0) is 4.74 Å². The van der Waals surface area contributed by atoms with Crippen LogP contribution in [0.3, 0.4) is 0 Å². The van der Waals surface area contributed by atoms with Crippen molar-refractivity contribution in [2.75, 3.05) is 12.4 Å².